The van der Waals surface area contributed by atoms with Crippen LogP contribution in [0, 0.1) is 19.3 Å². The van der Waals surface area contributed by atoms with Crippen molar-refractivity contribution in [1.82, 2.24) is 5.32 Å². The van der Waals surface area contributed by atoms with Crippen molar-refractivity contribution in [3.8, 4) is 0 Å². The fraction of sp³-hybridized carbons (Fsp3) is 0.647. The van der Waals surface area contributed by atoms with Gasteiger partial charge in [-0.25, -0.2) is 0 Å². The van der Waals surface area contributed by atoms with E-state index in [1.54, 1.807) is 0 Å². The molecule has 1 N–H and O–H groups in total. The zero-order chi connectivity index (χ0) is 13.6. The Morgan fingerprint density at radius 2 is 1.89 bits per heavy atom. The van der Waals surface area contributed by atoms with Crippen LogP contribution in [0.2, 0.25) is 0 Å². The Morgan fingerprint density at radius 3 is 2.56 bits per heavy atom. The number of benzene rings is 1. The number of nitrogens with one attached hydrogen (secondary N) is 1. The van der Waals surface area contributed by atoms with Gasteiger partial charge in [-0.15, -0.1) is 0 Å². The van der Waals surface area contributed by atoms with Crippen LogP contribution in [0.1, 0.15) is 50.3 Å². The van der Waals surface area contributed by atoms with E-state index < -0.39 is 0 Å². The number of hydrogen-bond donors (Lipinski definition) is 1. The highest BCUT2D eigenvalue weighted by Crippen LogP contribution is 2.23. The van der Waals surface area contributed by atoms with Crippen LogP contribution >= 0.6 is 0 Å². The Kier molecular flexibility index (Phi) is 5.87. The van der Waals surface area contributed by atoms with Crippen molar-refractivity contribution in [2.75, 3.05) is 13.1 Å². The van der Waals surface area contributed by atoms with E-state index in [4.69, 9.17) is 0 Å². The molecule has 0 aliphatic heterocycles. The molecular formula is C17H29N. The SMILES string of the molecule is CCCNCC(C)(C)CCc1cc(C)ccc1C. The molecule has 1 aromatic carbocycles. The summed E-state index contributed by atoms with van der Waals surface area (Å²) >= 11 is 0. The Bertz CT molecular complexity index is 366. The third kappa shape index (κ3) is 5.22. The van der Waals surface area contributed by atoms with Crippen molar-refractivity contribution < 1.29 is 0 Å². The van der Waals surface area contributed by atoms with E-state index in [0.29, 0.717) is 5.41 Å². The first kappa shape index (κ1) is 15.2. The van der Waals surface area contributed by atoms with Crippen molar-refractivity contribution in [2.24, 2.45) is 5.41 Å². The molecule has 0 bridgehead atoms. The Labute approximate surface area is 113 Å². The van der Waals surface area contributed by atoms with Crippen molar-refractivity contribution in [3.05, 3.63) is 34.9 Å². The molecule has 0 aliphatic rings. The van der Waals surface area contributed by atoms with Gasteiger partial charge < -0.3 is 5.32 Å². The van der Waals surface area contributed by atoms with Gasteiger partial charge in [-0.3, -0.25) is 0 Å². The van der Waals surface area contributed by atoms with Crippen LogP contribution in [0.3, 0.4) is 0 Å². The molecule has 1 rings (SSSR count). The van der Waals surface area contributed by atoms with E-state index in [0.717, 1.165) is 13.1 Å². The zero-order valence-corrected chi connectivity index (χ0v) is 12.8. The summed E-state index contributed by atoms with van der Waals surface area (Å²) in [6, 6.07) is 6.78. The molecule has 1 heteroatoms. The predicted molar refractivity (Wildman–Crippen MR) is 81.2 cm³/mol. The number of rotatable bonds is 7. The molecule has 0 saturated heterocycles. The smallest absolute Gasteiger partial charge is 0.000263 e. The zero-order valence-electron chi connectivity index (χ0n) is 12.8. The summed E-state index contributed by atoms with van der Waals surface area (Å²) in [7, 11) is 0. The van der Waals surface area contributed by atoms with Gasteiger partial charge in [0.05, 0.1) is 0 Å². The third-order valence-electron chi connectivity index (χ3n) is 3.61. The Hall–Kier alpha value is -0.820. The lowest BCUT2D eigenvalue weighted by molar-refractivity contribution is 0.315. The van der Waals surface area contributed by atoms with Crippen LogP contribution in [0.15, 0.2) is 18.2 Å². The number of aryl methyl sites for hydroxylation is 3. The van der Waals surface area contributed by atoms with Gasteiger partial charge in [0.1, 0.15) is 0 Å². The average molecular weight is 247 g/mol. The molecule has 0 saturated carbocycles. The van der Waals surface area contributed by atoms with Crippen LogP contribution in [0.25, 0.3) is 0 Å². The molecular weight excluding hydrogens is 218 g/mol. The minimum Gasteiger partial charge on any atom is -0.316 e. The lowest BCUT2D eigenvalue weighted by Gasteiger charge is -2.25. The van der Waals surface area contributed by atoms with Crippen LogP contribution in [0.5, 0.6) is 0 Å². The minimum atomic E-state index is 0.380. The average Bonchev–Trinajstić information content (AvgIpc) is 2.31. The summed E-state index contributed by atoms with van der Waals surface area (Å²) in [5.41, 5.74) is 4.69. The molecule has 102 valence electrons. The molecule has 0 spiro atoms. The van der Waals surface area contributed by atoms with E-state index in [1.807, 2.05) is 0 Å². The predicted octanol–water partition coefficient (Wildman–Crippen LogP) is 4.26. The monoisotopic (exact) mass is 247 g/mol. The molecule has 0 aromatic heterocycles. The quantitative estimate of drug-likeness (QED) is 0.710. The largest absolute Gasteiger partial charge is 0.316 e. The molecule has 0 amide bonds. The van der Waals surface area contributed by atoms with Gasteiger partial charge in [0.25, 0.3) is 0 Å². The highest BCUT2D eigenvalue weighted by Gasteiger charge is 2.17. The standard InChI is InChI=1S/C17H29N/c1-6-11-18-13-17(4,5)10-9-16-12-14(2)7-8-15(16)3/h7-8,12,18H,6,9-11,13H2,1-5H3. The first-order valence-electron chi connectivity index (χ1n) is 7.21. The summed E-state index contributed by atoms with van der Waals surface area (Å²) in [4.78, 5) is 0. The van der Waals surface area contributed by atoms with E-state index in [-0.39, 0.29) is 0 Å². The molecule has 1 aromatic rings. The lowest BCUT2D eigenvalue weighted by atomic mass is 9.85. The van der Waals surface area contributed by atoms with E-state index in [1.165, 1.54) is 36.0 Å². The highest BCUT2D eigenvalue weighted by molar-refractivity contribution is 5.30. The fourth-order valence-electron chi connectivity index (χ4n) is 2.23. The summed E-state index contributed by atoms with van der Waals surface area (Å²) in [6.07, 6.45) is 3.65. The Morgan fingerprint density at radius 1 is 1.17 bits per heavy atom. The normalized spacial score (nSPS) is 11.8. The first-order chi connectivity index (χ1) is 8.44. The van der Waals surface area contributed by atoms with Crippen molar-refractivity contribution in [1.29, 1.82) is 0 Å². The second-order valence-electron chi connectivity index (χ2n) is 6.27. The maximum atomic E-state index is 3.54. The molecule has 0 heterocycles. The topological polar surface area (TPSA) is 12.0 Å². The summed E-state index contributed by atoms with van der Waals surface area (Å²) in [5.74, 6) is 0. The van der Waals surface area contributed by atoms with Gasteiger partial charge in [-0.1, -0.05) is 44.5 Å². The summed E-state index contributed by atoms with van der Waals surface area (Å²) in [5, 5.41) is 3.54. The molecule has 0 fully saturated rings. The maximum absolute atomic E-state index is 3.54. The van der Waals surface area contributed by atoms with Crippen LogP contribution < -0.4 is 5.32 Å². The summed E-state index contributed by atoms with van der Waals surface area (Å²) in [6.45, 7) is 13.6. The molecule has 18 heavy (non-hydrogen) atoms. The van der Waals surface area contributed by atoms with E-state index in [2.05, 4.69) is 58.1 Å². The van der Waals surface area contributed by atoms with Gasteiger partial charge in [-0.2, -0.15) is 0 Å². The molecule has 0 atom stereocenters. The third-order valence-corrected chi connectivity index (χ3v) is 3.61. The van der Waals surface area contributed by atoms with Gasteiger partial charge in [0.2, 0.25) is 0 Å². The highest BCUT2D eigenvalue weighted by atomic mass is 14.9. The lowest BCUT2D eigenvalue weighted by Crippen LogP contribution is -2.30. The minimum absolute atomic E-state index is 0.380. The van der Waals surface area contributed by atoms with Crippen LogP contribution in [0.4, 0.5) is 0 Å². The van der Waals surface area contributed by atoms with Crippen molar-refractivity contribution in [2.45, 2.75) is 53.9 Å². The molecule has 0 radical (unpaired) electrons. The van der Waals surface area contributed by atoms with Crippen molar-refractivity contribution >= 4 is 0 Å². The number of hydrogen-bond acceptors (Lipinski definition) is 1. The Balaban J connectivity index is 2.50. The second-order valence-corrected chi connectivity index (χ2v) is 6.27. The van der Waals surface area contributed by atoms with Crippen LogP contribution in [-0.4, -0.2) is 13.1 Å². The van der Waals surface area contributed by atoms with E-state index >= 15 is 0 Å². The first-order valence-corrected chi connectivity index (χ1v) is 7.21. The summed E-state index contributed by atoms with van der Waals surface area (Å²) < 4.78 is 0. The maximum Gasteiger partial charge on any atom is 0.000263 e. The second kappa shape index (κ2) is 6.94. The van der Waals surface area contributed by atoms with Crippen molar-refractivity contribution in [3.63, 3.8) is 0 Å². The molecule has 0 aliphatic carbocycles. The van der Waals surface area contributed by atoms with Gasteiger partial charge in [0.15, 0.2) is 0 Å². The fourth-order valence-corrected chi connectivity index (χ4v) is 2.23. The molecule has 1 nitrogen and oxygen atoms in total. The van der Waals surface area contributed by atoms with Gasteiger partial charge >= 0.3 is 0 Å². The van der Waals surface area contributed by atoms with Gasteiger partial charge in [0, 0.05) is 6.54 Å². The van der Waals surface area contributed by atoms with E-state index in [9.17, 15) is 0 Å². The molecule has 0 unspecified atom stereocenters. The van der Waals surface area contributed by atoms with Crippen LogP contribution in [-0.2, 0) is 6.42 Å². The van der Waals surface area contributed by atoms with Gasteiger partial charge in [-0.05, 0) is 56.2 Å².